The number of fused-ring (bicyclic) bond motifs is 1. The molecule has 1 saturated heterocycles. The largest absolute Gasteiger partial charge is 0.485 e. The van der Waals surface area contributed by atoms with E-state index in [4.69, 9.17) is 9.47 Å². The van der Waals surface area contributed by atoms with Gasteiger partial charge in [0.2, 0.25) is 5.91 Å². The third-order valence-electron chi connectivity index (χ3n) is 6.44. The van der Waals surface area contributed by atoms with Crippen molar-refractivity contribution in [1.29, 1.82) is 5.26 Å². The number of nitriles is 1. The van der Waals surface area contributed by atoms with Gasteiger partial charge in [-0.05, 0) is 57.7 Å². The third-order valence-corrected chi connectivity index (χ3v) is 6.44. The minimum Gasteiger partial charge on any atom is -0.485 e. The molecule has 1 aromatic rings. The Morgan fingerprint density at radius 2 is 2.09 bits per heavy atom. The number of aliphatic hydroxyl groups is 1. The molecule has 0 bridgehead atoms. The predicted molar refractivity (Wildman–Crippen MR) is 123 cm³/mol. The number of nitrogens with zero attached hydrogens (tertiary/aromatic N) is 2. The van der Waals surface area contributed by atoms with Crippen LogP contribution in [0.3, 0.4) is 0 Å². The lowest BCUT2D eigenvalue weighted by Crippen LogP contribution is -2.57. The van der Waals surface area contributed by atoms with Gasteiger partial charge >= 0.3 is 6.09 Å². The molecule has 0 aromatic heterocycles. The molecule has 8 nitrogen and oxygen atoms in total. The van der Waals surface area contributed by atoms with Crippen molar-refractivity contribution in [2.45, 2.75) is 89.5 Å². The number of carbonyl (C=O) groups excluding carboxylic acids is 2. The molecule has 0 spiro atoms. The Morgan fingerprint density at radius 3 is 2.82 bits per heavy atom. The number of aliphatic hydroxyl groups excluding tert-OH is 1. The van der Waals surface area contributed by atoms with Crippen molar-refractivity contribution in [2.24, 2.45) is 0 Å². The van der Waals surface area contributed by atoms with Gasteiger partial charge in [-0.3, -0.25) is 9.69 Å². The molecule has 3 rings (SSSR count). The van der Waals surface area contributed by atoms with Crippen LogP contribution in [0.5, 0.6) is 5.75 Å². The van der Waals surface area contributed by atoms with Crippen LogP contribution in [-0.2, 0) is 9.53 Å². The number of nitrogens with one attached hydrogen (secondary N) is 1. The zero-order chi connectivity index (χ0) is 24.0. The highest BCUT2D eigenvalue weighted by atomic mass is 16.6. The smallest absolute Gasteiger partial charge is 0.410 e. The zero-order valence-corrected chi connectivity index (χ0v) is 19.8. The number of benzene rings is 1. The van der Waals surface area contributed by atoms with E-state index in [0.717, 1.165) is 38.5 Å². The summed E-state index contributed by atoms with van der Waals surface area (Å²) in [4.78, 5) is 27.5. The summed E-state index contributed by atoms with van der Waals surface area (Å²) >= 11 is 0. The minimum atomic E-state index is -1.04. The molecule has 180 valence electrons. The van der Waals surface area contributed by atoms with Crippen LogP contribution >= 0.6 is 0 Å². The lowest BCUT2D eigenvalue weighted by Gasteiger charge is -2.43. The van der Waals surface area contributed by atoms with Gasteiger partial charge in [-0.15, -0.1) is 0 Å². The lowest BCUT2D eigenvalue weighted by molar-refractivity contribution is -0.131. The second kappa shape index (κ2) is 10.9. The van der Waals surface area contributed by atoms with Gasteiger partial charge < -0.3 is 19.9 Å². The van der Waals surface area contributed by atoms with E-state index in [1.54, 1.807) is 32.0 Å². The highest BCUT2D eigenvalue weighted by molar-refractivity contribution is 5.86. The van der Waals surface area contributed by atoms with E-state index in [9.17, 15) is 20.0 Å². The fraction of sp³-hybridized carbons (Fsp3) is 0.640. The first-order chi connectivity index (χ1) is 15.8. The Kier molecular flexibility index (Phi) is 8.20. The van der Waals surface area contributed by atoms with Gasteiger partial charge in [-0.2, -0.15) is 5.26 Å². The maximum Gasteiger partial charge on any atom is 0.410 e. The first-order valence-corrected chi connectivity index (χ1v) is 11.9. The molecule has 1 unspecified atom stereocenters. The van der Waals surface area contributed by atoms with Crippen molar-refractivity contribution in [1.82, 2.24) is 10.2 Å². The predicted octanol–water partition coefficient (Wildman–Crippen LogP) is 3.82. The summed E-state index contributed by atoms with van der Waals surface area (Å²) in [5.41, 5.74) is 0.0208. The number of ether oxygens (including phenoxy) is 2. The molecular weight excluding hydrogens is 422 g/mol. The van der Waals surface area contributed by atoms with E-state index in [2.05, 4.69) is 18.3 Å². The first kappa shape index (κ1) is 24.8. The maximum absolute atomic E-state index is 13.3. The second-order valence-corrected chi connectivity index (χ2v) is 9.38. The molecule has 0 saturated carbocycles. The van der Waals surface area contributed by atoms with Crippen LogP contribution in [0.25, 0.3) is 0 Å². The van der Waals surface area contributed by atoms with Crippen LogP contribution < -0.4 is 10.1 Å². The Hall–Kier alpha value is -2.79. The number of likely N-dealkylation sites (tertiary alicyclic amines) is 1. The van der Waals surface area contributed by atoms with E-state index in [1.807, 2.05) is 0 Å². The van der Waals surface area contributed by atoms with Crippen LogP contribution in [-0.4, -0.2) is 52.9 Å². The Balaban J connectivity index is 1.74. The van der Waals surface area contributed by atoms with Crippen LogP contribution in [0, 0.1) is 11.3 Å². The fourth-order valence-corrected chi connectivity index (χ4v) is 4.47. The van der Waals surface area contributed by atoms with E-state index >= 15 is 0 Å². The van der Waals surface area contributed by atoms with Crippen LogP contribution in [0.1, 0.15) is 82.9 Å². The topological polar surface area (TPSA) is 112 Å². The molecule has 2 aliphatic rings. The SMILES string of the molecule is CCCCCCOC(=O)N1CCCCC1C(=O)N[C@@H]1c2cc(C#N)ccc2OC(C)(C)[C@H]1O. The van der Waals surface area contributed by atoms with E-state index in [0.29, 0.717) is 36.4 Å². The van der Waals surface area contributed by atoms with Gasteiger partial charge in [0.15, 0.2) is 0 Å². The summed E-state index contributed by atoms with van der Waals surface area (Å²) in [6.45, 7) is 6.43. The van der Waals surface area contributed by atoms with Gasteiger partial charge in [0.1, 0.15) is 23.5 Å². The first-order valence-electron chi connectivity index (χ1n) is 11.9. The number of rotatable bonds is 7. The number of hydrogen-bond acceptors (Lipinski definition) is 6. The summed E-state index contributed by atoms with van der Waals surface area (Å²) in [6, 6.07) is 5.61. The van der Waals surface area contributed by atoms with Crippen LogP contribution in [0.4, 0.5) is 4.79 Å². The van der Waals surface area contributed by atoms with Crippen molar-refractivity contribution in [3.05, 3.63) is 29.3 Å². The lowest BCUT2D eigenvalue weighted by atomic mass is 9.85. The summed E-state index contributed by atoms with van der Waals surface area (Å²) in [5, 5.41) is 23.2. The number of hydrogen-bond donors (Lipinski definition) is 2. The van der Waals surface area contributed by atoms with E-state index in [1.165, 1.54) is 4.90 Å². The quantitative estimate of drug-likeness (QED) is 0.602. The number of piperidine rings is 1. The van der Waals surface area contributed by atoms with Crippen molar-refractivity contribution >= 4 is 12.0 Å². The summed E-state index contributed by atoms with van der Waals surface area (Å²) in [7, 11) is 0. The molecule has 2 aliphatic heterocycles. The molecular formula is C25H35N3O5. The Labute approximate surface area is 195 Å². The van der Waals surface area contributed by atoms with E-state index < -0.39 is 29.9 Å². The number of carbonyl (C=O) groups is 2. The average molecular weight is 458 g/mol. The van der Waals surface area contributed by atoms with Crippen molar-refractivity contribution < 1.29 is 24.2 Å². The molecule has 1 fully saturated rings. The van der Waals surface area contributed by atoms with Gasteiger partial charge in [0.05, 0.1) is 24.3 Å². The van der Waals surface area contributed by atoms with E-state index in [-0.39, 0.29) is 5.91 Å². The van der Waals surface area contributed by atoms with Crippen molar-refractivity contribution in [3.63, 3.8) is 0 Å². The average Bonchev–Trinajstić information content (AvgIpc) is 2.81. The van der Waals surface area contributed by atoms with Gasteiger partial charge in [0, 0.05) is 12.1 Å². The summed E-state index contributed by atoms with van der Waals surface area (Å²) in [6.07, 6.45) is 4.70. The molecule has 0 radical (unpaired) electrons. The zero-order valence-electron chi connectivity index (χ0n) is 19.8. The number of unbranched alkanes of at least 4 members (excludes halogenated alkanes) is 3. The molecule has 8 heteroatoms. The van der Waals surface area contributed by atoms with Gasteiger partial charge in [-0.25, -0.2) is 4.79 Å². The van der Waals surface area contributed by atoms with Gasteiger partial charge in [0.25, 0.3) is 0 Å². The molecule has 33 heavy (non-hydrogen) atoms. The van der Waals surface area contributed by atoms with Crippen molar-refractivity contribution in [3.8, 4) is 11.8 Å². The molecule has 2 N–H and O–H groups in total. The fourth-order valence-electron chi connectivity index (χ4n) is 4.47. The van der Waals surface area contributed by atoms with Crippen molar-refractivity contribution in [2.75, 3.05) is 13.2 Å². The molecule has 0 aliphatic carbocycles. The van der Waals surface area contributed by atoms with Crippen LogP contribution in [0.15, 0.2) is 18.2 Å². The summed E-state index contributed by atoms with van der Waals surface area (Å²) < 4.78 is 11.4. The molecule has 1 aromatic carbocycles. The molecule has 2 heterocycles. The number of amides is 2. The highest BCUT2D eigenvalue weighted by Crippen LogP contribution is 2.40. The summed E-state index contributed by atoms with van der Waals surface area (Å²) in [5.74, 6) is 0.175. The van der Waals surface area contributed by atoms with Crippen LogP contribution in [0.2, 0.25) is 0 Å². The normalized spacial score (nSPS) is 23.6. The van der Waals surface area contributed by atoms with Gasteiger partial charge in [-0.1, -0.05) is 26.2 Å². The third kappa shape index (κ3) is 5.77. The monoisotopic (exact) mass is 457 g/mol. The minimum absolute atomic E-state index is 0.340. The Bertz CT molecular complexity index is 895. The molecule has 3 atom stereocenters. The highest BCUT2D eigenvalue weighted by Gasteiger charge is 2.45. The Morgan fingerprint density at radius 1 is 1.30 bits per heavy atom. The standard InChI is InChI=1S/C25H35N3O5/c1-4-5-6-9-14-32-24(31)28-13-8-7-10-19(28)23(30)27-21-18-15-17(16-26)11-12-20(18)33-25(2,3)22(21)29/h11-12,15,19,21-22,29H,4-10,13-14H2,1-3H3,(H,27,30)/t19?,21-,22+/m1/s1. The molecule has 2 amide bonds. The second-order valence-electron chi connectivity index (χ2n) is 9.38. The maximum atomic E-state index is 13.3.